The number of halogens is 1. The quantitative estimate of drug-likeness (QED) is 0.680. The van der Waals surface area contributed by atoms with Crippen LogP contribution in [0.4, 0.5) is 0 Å². The van der Waals surface area contributed by atoms with Crippen molar-refractivity contribution < 1.29 is 22.7 Å². The van der Waals surface area contributed by atoms with Crippen molar-refractivity contribution in [2.45, 2.75) is 30.8 Å². The van der Waals surface area contributed by atoms with Crippen LogP contribution in [-0.2, 0) is 21.2 Å². The molecule has 1 amide bonds. The van der Waals surface area contributed by atoms with Gasteiger partial charge in [-0.25, -0.2) is 8.42 Å². The topological polar surface area (TPSA) is 76.2 Å². The molecule has 4 rings (SSSR count). The van der Waals surface area contributed by atoms with E-state index in [0.717, 1.165) is 11.3 Å². The molecule has 31 heavy (non-hydrogen) atoms. The van der Waals surface area contributed by atoms with Crippen LogP contribution in [0.15, 0.2) is 47.4 Å². The fourth-order valence-corrected chi connectivity index (χ4v) is 5.43. The predicted molar refractivity (Wildman–Crippen MR) is 117 cm³/mol. The highest BCUT2D eigenvalue weighted by molar-refractivity contribution is 7.89. The summed E-state index contributed by atoms with van der Waals surface area (Å²) < 4.78 is 38.9. The Kier molecular flexibility index (Phi) is 5.89. The molecule has 0 atom stereocenters. The Bertz CT molecular complexity index is 1080. The van der Waals surface area contributed by atoms with Gasteiger partial charge in [0.1, 0.15) is 11.5 Å². The molecule has 166 valence electrons. The Morgan fingerprint density at radius 3 is 2.42 bits per heavy atom. The Hall–Kier alpha value is -2.29. The summed E-state index contributed by atoms with van der Waals surface area (Å²) in [5.41, 5.74) is -0.175. The van der Waals surface area contributed by atoms with Crippen LogP contribution in [0.25, 0.3) is 0 Å². The lowest BCUT2D eigenvalue weighted by molar-refractivity contribution is -0.146. The number of amides is 1. The van der Waals surface area contributed by atoms with Gasteiger partial charge in [0.25, 0.3) is 5.91 Å². The van der Waals surface area contributed by atoms with Crippen molar-refractivity contribution >= 4 is 27.5 Å². The average molecular weight is 465 g/mol. The Morgan fingerprint density at radius 2 is 1.74 bits per heavy atom. The van der Waals surface area contributed by atoms with Crippen LogP contribution in [0.1, 0.15) is 19.4 Å². The van der Waals surface area contributed by atoms with E-state index in [9.17, 15) is 13.2 Å². The molecule has 2 aliphatic heterocycles. The minimum atomic E-state index is -3.62. The number of hydrogen-bond acceptors (Lipinski definition) is 5. The number of fused-ring (bicyclic) bond motifs is 1. The fourth-order valence-electron chi connectivity index (χ4n) is 3.83. The molecule has 0 spiro atoms. The van der Waals surface area contributed by atoms with E-state index in [4.69, 9.17) is 21.1 Å². The maximum absolute atomic E-state index is 13.1. The van der Waals surface area contributed by atoms with Gasteiger partial charge in [-0.15, -0.1) is 0 Å². The van der Waals surface area contributed by atoms with Crippen LogP contribution < -0.4 is 9.47 Å². The molecule has 1 fully saturated rings. The number of carbonyl (C=O) groups excluding carboxylic acids is 1. The molecule has 0 saturated carbocycles. The molecule has 2 aromatic rings. The van der Waals surface area contributed by atoms with Crippen molar-refractivity contribution in [3.05, 3.63) is 53.1 Å². The maximum Gasteiger partial charge on any atom is 0.266 e. The summed E-state index contributed by atoms with van der Waals surface area (Å²) in [6, 6.07) is 11.8. The monoisotopic (exact) mass is 464 g/mol. The van der Waals surface area contributed by atoms with Gasteiger partial charge in [-0.05, 0) is 61.9 Å². The molecule has 1 saturated heterocycles. The number of rotatable bonds is 5. The van der Waals surface area contributed by atoms with Gasteiger partial charge >= 0.3 is 0 Å². The number of nitrogens with zero attached hydrogens (tertiary/aromatic N) is 2. The van der Waals surface area contributed by atoms with Crippen molar-refractivity contribution in [3.63, 3.8) is 0 Å². The highest BCUT2D eigenvalue weighted by Crippen LogP contribution is 2.29. The number of piperazine rings is 1. The number of ether oxygens (including phenoxy) is 2. The van der Waals surface area contributed by atoms with Crippen molar-refractivity contribution in [2.24, 2.45) is 0 Å². The predicted octanol–water partition coefficient (Wildman–Crippen LogP) is 2.97. The van der Waals surface area contributed by atoms with E-state index in [2.05, 4.69) is 0 Å². The summed E-state index contributed by atoms with van der Waals surface area (Å²) in [7, 11) is -3.62. The second kappa shape index (κ2) is 8.33. The Labute approximate surface area is 187 Å². The Morgan fingerprint density at radius 1 is 1.06 bits per heavy atom. The summed E-state index contributed by atoms with van der Waals surface area (Å²) in [4.78, 5) is 15.0. The van der Waals surface area contributed by atoms with Crippen LogP contribution in [0.2, 0.25) is 5.02 Å². The maximum atomic E-state index is 13.1. The summed E-state index contributed by atoms with van der Waals surface area (Å²) in [6.07, 6.45) is 0.712. The van der Waals surface area contributed by atoms with Crippen LogP contribution in [0.5, 0.6) is 11.5 Å². The number of benzene rings is 2. The molecule has 0 bridgehead atoms. The van der Waals surface area contributed by atoms with Crippen molar-refractivity contribution in [1.29, 1.82) is 0 Å². The third-order valence-electron chi connectivity index (χ3n) is 5.53. The number of carbonyl (C=O) groups is 1. The molecule has 0 unspecified atom stereocenters. The molecule has 7 nitrogen and oxygen atoms in total. The molecule has 0 aromatic heterocycles. The van der Waals surface area contributed by atoms with E-state index in [1.807, 2.05) is 0 Å². The lowest BCUT2D eigenvalue weighted by Crippen LogP contribution is -2.56. The van der Waals surface area contributed by atoms with E-state index in [1.54, 1.807) is 61.2 Å². The third kappa shape index (κ3) is 4.51. The van der Waals surface area contributed by atoms with Gasteiger partial charge in [-0.1, -0.05) is 11.6 Å². The molecule has 2 heterocycles. The lowest BCUT2D eigenvalue weighted by atomic mass is 10.1. The molecule has 9 heteroatoms. The van der Waals surface area contributed by atoms with Gasteiger partial charge < -0.3 is 14.4 Å². The van der Waals surface area contributed by atoms with Crippen LogP contribution >= 0.6 is 11.6 Å². The van der Waals surface area contributed by atoms with Gasteiger partial charge in [0.15, 0.2) is 5.60 Å². The molecule has 2 aromatic carbocycles. The van der Waals surface area contributed by atoms with Crippen LogP contribution in [-0.4, -0.2) is 61.9 Å². The molecule has 0 N–H and O–H groups in total. The first-order valence-electron chi connectivity index (χ1n) is 10.2. The highest BCUT2D eigenvalue weighted by atomic mass is 35.5. The first-order valence-corrected chi connectivity index (χ1v) is 12.0. The highest BCUT2D eigenvalue weighted by Gasteiger charge is 2.38. The minimum Gasteiger partial charge on any atom is -0.493 e. The van der Waals surface area contributed by atoms with Crippen molar-refractivity contribution in [3.8, 4) is 11.5 Å². The zero-order chi connectivity index (χ0) is 22.2. The SMILES string of the molecule is CC(C)(Oc1ccc(Cl)cc1)C(=O)N1CCN(S(=O)(=O)c2ccc3c(c2)CCO3)CC1. The number of hydrogen-bond donors (Lipinski definition) is 0. The smallest absolute Gasteiger partial charge is 0.266 e. The largest absolute Gasteiger partial charge is 0.493 e. The zero-order valence-corrected chi connectivity index (χ0v) is 19.1. The zero-order valence-electron chi connectivity index (χ0n) is 17.5. The second-order valence-corrected chi connectivity index (χ2v) is 10.5. The van der Waals surface area contributed by atoms with Gasteiger partial charge in [0.05, 0.1) is 11.5 Å². The fraction of sp³-hybridized carbons (Fsp3) is 0.409. The van der Waals surface area contributed by atoms with Crippen LogP contribution in [0, 0.1) is 0 Å². The van der Waals surface area contributed by atoms with Gasteiger partial charge in [-0.2, -0.15) is 4.31 Å². The summed E-state index contributed by atoms with van der Waals surface area (Å²) in [5.74, 6) is 1.11. The molecular formula is C22H25ClN2O5S. The summed E-state index contributed by atoms with van der Waals surface area (Å²) in [5, 5.41) is 0.588. The van der Waals surface area contributed by atoms with Crippen LogP contribution in [0.3, 0.4) is 0 Å². The standard InChI is InChI=1S/C22H25ClN2O5S/c1-22(2,30-18-5-3-17(23)4-6-18)21(26)24-10-12-25(13-11-24)31(27,28)19-7-8-20-16(15-19)9-14-29-20/h3-8,15H,9-14H2,1-2H3. The Balaban J connectivity index is 1.40. The first kappa shape index (κ1) is 21.9. The van der Waals surface area contributed by atoms with E-state index < -0.39 is 15.6 Å². The average Bonchev–Trinajstić information content (AvgIpc) is 3.23. The molecule has 0 aliphatic carbocycles. The third-order valence-corrected chi connectivity index (χ3v) is 7.67. The summed E-state index contributed by atoms with van der Waals surface area (Å²) >= 11 is 5.90. The van der Waals surface area contributed by atoms with E-state index in [0.29, 0.717) is 36.9 Å². The van der Waals surface area contributed by atoms with Gasteiger partial charge in [0.2, 0.25) is 10.0 Å². The molecular weight excluding hydrogens is 440 g/mol. The van der Waals surface area contributed by atoms with Gasteiger partial charge in [0, 0.05) is 37.6 Å². The van der Waals surface area contributed by atoms with Crippen molar-refractivity contribution in [2.75, 3.05) is 32.8 Å². The van der Waals surface area contributed by atoms with E-state index in [-0.39, 0.29) is 23.9 Å². The van der Waals surface area contributed by atoms with E-state index >= 15 is 0 Å². The van der Waals surface area contributed by atoms with E-state index in [1.165, 1.54) is 4.31 Å². The second-order valence-electron chi connectivity index (χ2n) is 8.13. The van der Waals surface area contributed by atoms with Crippen molar-refractivity contribution in [1.82, 2.24) is 9.21 Å². The first-order chi connectivity index (χ1) is 14.7. The van der Waals surface area contributed by atoms with Gasteiger partial charge in [-0.3, -0.25) is 4.79 Å². The molecule has 2 aliphatic rings. The normalized spacial score (nSPS) is 17.2. The minimum absolute atomic E-state index is 0.186. The summed E-state index contributed by atoms with van der Waals surface area (Å²) in [6.45, 7) is 5.07. The number of sulfonamides is 1. The lowest BCUT2D eigenvalue weighted by Gasteiger charge is -2.38. The molecule has 0 radical (unpaired) electrons.